The number of carboxylic acids is 1. The lowest BCUT2D eigenvalue weighted by atomic mass is 9.99. The normalized spacial score (nSPS) is 15.7. The van der Waals surface area contributed by atoms with Crippen molar-refractivity contribution in [3.05, 3.63) is 96.6 Å². The second-order valence-electron chi connectivity index (χ2n) is 9.03. The van der Waals surface area contributed by atoms with Gasteiger partial charge in [-0.1, -0.05) is 54.6 Å². The summed E-state index contributed by atoms with van der Waals surface area (Å²) in [5.41, 5.74) is 3.33. The van der Waals surface area contributed by atoms with Crippen LogP contribution < -0.4 is 19.7 Å². The molecule has 1 unspecified atom stereocenters. The quantitative estimate of drug-likeness (QED) is 0.308. The summed E-state index contributed by atoms with van der Waals surface area (Å²) in [5, 5.41) is 15.1. The Balaban J connectivity index is 1.26. The number of carboxylic acid groups (broad SMARTS) is 1. The largest absolute Gasteiger partial charge is 0.486 e. The lowest BCUT2D eigenvalue weighted by Crippen LogP contribution is -2.39. The van der Waals surface area contributed by atoms with Gasteiger partial charge < -0.3 is 24.8 Å². The van der Waals surface area contributed by atoms with Crippen molar-refractivity contribution in [2.24, 2.45) is 0 Å². The van der Waals surface area contributed by atoms with Gasteiger partial charge >= 0.3 is 5.97 Å². The van der Waals surface area contributed by atoms with E-state index in [2.05, 4.69) is 65.7 Å². The predicted molar refractivity (Wildman–Crippen MR) is 142 cm³/mol. The van der Waals surface area contributed by atoms with Gasteiger partial charge in [0.1, 0.15) is 17.6 Å². The Morgan fingerprint density at radius 3 is 2.61 bits per heavy atom. The van der Waals surface area contributed by atoms with Gasteiger partial charge in [0.25, 0.3) is 0 Å². The summed E-state index contributed by atoms with van der Waals surface area (Å²) in [6, 6.07) is 30.8. The first-order chi connectivity index (χ1) is 17.6. The van der Waals surface area contributed by atoms with E-state index in [-0.39, 0.29) is 18.8 Å². The number of fused-ring (bicyclic) bond motifs is 2. The molecule has 4 aromatic carbocycles. The average Bonchev–Trinajstić information content (AvgIpc) is 2.91. The molecule has 6 heteroatoms. The number of nitrogens with one attached hydrogen (secondary N) is 1. The van der Waals surface area contributed by atoms with Gasteiger partial charge in [0, 0.05) is 11.7 Å². The van der Waals surface area contributed by atoms with E-state index in [0.717, 1.165) is 36.6 Å². The molecule has 0 aromatic heterocycles. The minimum atomic E-state index is -0.993. The molecule has 1 aliphatic rings. The van der Waals surface area contributed by atoms with Gasteiger partial charge in [-0.3, -0.25) is 0 Å². The molecule has 36 heavy (non-hydrogen) atoms. The Bertz CT molecular complexity index is 1330. The van der Waals surface area contributed by atoms with Crippen molar-refractivity contribution in [2.45, 2.75) is 25.5 Å². The number of carbonyl (C=O) groups is 1. The molecule has 2 atom stereocenters. The molecule has 1 aliphatic heterocycles. The highest BCUT2D eigenvalue weighted by atomic mass is 16.5. The zero-order chi connectivity index (χ0) is 24.9. The van der Waals surface area contributed by atoms with Crippen LogP contribution in [-0.2, 0) is 4.79 Å². The van der Waals surface area contributed by atoms with Crippen LogP contribution in [0.4, 0.5) is 11.4 Å². The van der Waals surface area contributed by atoms with Gasteiger partial charge in [-0.25, -0.2) is 4.79 Å². The van der Waals surface area contributed by atoms with Crippen LogP contribution in [0, 0.1) is 0 Å². The van der Waals surface area contributed by atoms with E-state index < -0.39 is 5.97 Å². The van der Waals surface area contributed by atoms with Crippen molar-refractivity contribution in [1.29, 1.82) is 0 Å². The number of nitrogens with zero attached hydrogens (tertiary/aromatic N) is 1. The van der Waals surface area contributed by atoms with Gasteiger partial charge in [-0.05, 0) is 72.6 Å². The Morgan fingerprint density at radius 2 is 1.78 bits per heavy atom. The summed E-state index contributed by atoms with van der Waals surface area (Å²) in [4.78, 5) is 13.0. The maximum Gasteiger partial charge on any atom is 0.341 e. The maximum atomic E-state index is 10.8. The van der Waals surface area contributed by atoms with Crippen molar-refractivity contribution in [3.8, 4) is 11.5 Å². The summed E-state index contributed by atoms with van der Waals surface area (Å²) >= 11 is 0. The summed E-state index contributed by atoms with van der Waals surface area (Å²) in [5.74, 6) is 0.403. The van der Waals surface area contributed by atoms with Crippen molar-refractivity contribution < 1.29 is 19.4 Å². The number of benzene rings is 4. The fraction of sp³-hybridized carbons (Fsp3) is 0.233. The van der Waals surface area contributed by atoms with Crippen molar-refractivity contribution >= 4 is 28.1 Å². The number of para-hydroxylation sites is 2. The molecule has 0 saturated carbocycles. The van der Waals surface area contributed by atoms with Crippen LogP contribution in [0.1, 0.15) is 24.9 Å². The lowest BCUT2D eigenvalue weighted by molar-refractivity contribution is -0.139. The minimum absolute atomic E-state index is 0.0232. The minimum Gasteiger partial charge on any atom is -0.486 e. The van der Waals surface area contributed by atoms with Crippen LogP contribution in [0.15, 0.2) is 91.0 Å². The molecular weight excluding hydrogens is 452 g/mol. The van der Waals surface area contributed by atoms with Crippen LogP contribution >= 0.6 is 0 Å². The molecule has 2 N–H and O–H groups in total. The average molecular weight is 483 g/mol. The molecule has 0 fully saturated rings. The lowest BCUT2D eigenvalue weighted by Gasteiger charge is -2.36. The summed E-state index contributed by atoms with van der Waals surface area (Å²) in [6.07, 6.45) is 0.884. The van der Waals surface area contributed by atoms with E-state index >= 15 is 0 Å². The number of hydrogen-bond donors (Lipinski definition) is 2. The van der Waals surface area contributed by atoms with Crippen LogP contribution in [0.25, 0.3) is 10.8 Å². The van der Waals surface area contributed by atoms with E-state index in [4.69, 9.17) is 14.6 Å². The third-order valence-electron chi connectivity index (χ3n) is 6.55. The molecule has 1 heterocycles. The van der Waals surface area contributed by atoms with Crippen molar-refractivity contribution in [1.82, 2.24) is 5.32 Å². The van der Waals surface area contributed by atoms with Gasteiger partial charge in [-0.2, -0.15) is 0 Å². The molecule has 0 amide bonds. The first-order valence-corrected chi connectivity index (χ1v) is 12.3. The van der Waals surface area contributed by atoms with Gasteiger partial charge in [0.2, 0.25) is 0 Å². The van der Waals surface area contributed by atoms with E-state index in [1.54, 1.807) is 12.1 Å². The zero-order valence-corrected chi connectivity index (χ0v) is 20.3. The number of rotatable bonds is 9. The van der Waals surface area contributed by atoms with Gasteiger partial charge in [0.05, 0.1) is 12.2 Å². The monoisotopic (exact) mass is 482 g/mol. The smallest absolute Gasteiger partial charge is 0.341 e. The Morgan fingerprint density at radius 1 is 1.03 bits per heavy atom. The molecule has 0 saturated heterocycles. The summed E-state index contributed by atoms with van der Waals surface area (Å²) in [7, 11) is 0. The zero-order valence-electron chi connectivity index (χ0n) is 20.3. The maximum absolute atomic E-state index is 10.8. The van der Waals surface area contributed by atoms with Crippen LogP contribution in [0.5, 0.6) is 11.5 Å². The molecule has 6 nitrogen and oxygen atoms in total. The van der Waals surface area contributed by atoms with Crippen LogP contribution in [0.3, 0.4) is 0 Å². The second kappa shape index (κ2) is 10.7. The molecule has 0 spiro atoms. The molecule has 0 aliphatic carbocycles. The van der Waals surface area contributed by atoms with Crippen LogP contribution in [0.2, 0.25) is 0 Å². The first-order valence-electron chi connectivity index (χ1n) is 12.3. The van der Waals surface area contributed by atoms with Crippen molar-refractivity contribution in [3.63, 3.8) is 0 Å². The highest BCUT2D eigenvalue weighted by Gasteiger charge is 2.26. The number of anilines is 2. The second-order valence-corrected chi connectivity index (χ2v) is 9.03. The Labute approximate surface area is 211 Å². The standard InChI is InChI=1S/C30H30N2O4/c1-21(26-10-6-8-22-7-2-3-9-27(22)26)31-18-17-25-19-32(28-11-4-5-12-29(28)36-25)23-13-15-24(16-14-23)35-20-30(33)34/h2-16,21,25,31H,17-20H2,1H3,(H,33,34)/t21-,25?/m1/s1. The first kappa shape index (κ1) is 23.7. The topological polar surface area (TPSA) is 71.0 Å². The fourth-order valence-corrected chi connectivity index (χ4v) is 4.76. The molecule has 5 rings (SSSR count). The number of ether oxygens (including phenoxy) is 2. The predicted octanol–water partition coefficient (Wildman–Crippen LogP) is 5.94. The number of aliphatic carboxylic acids is 1. The third-order valence-corrected chi connectivity index (χ3v) is 6.55. The van der Waals surface area contributed by atoms with Crippen molar-refractivity contribution in [2.75, 3.05) is 24.6 Å². The SMILES string of the molecule is C[C@@H](NCCC1CN(c2ccc(OCC(=O)O)cc2)c2ccccc2O1)c1cccc2ccccc12. The van der Waals surface area contributed by atoms with Gasteiger partial charge in [0.15, 0.2) is 6.61 Å². The van der Waals surface area contributed by atoms with E-state index in [9.17, 15) is 4.79 Å². The molecule has 184 valence electrons. The third kappa shape index (κ3) is 5.29. The van der Waals surface area contributed by atoms with Crippen LogP contribution in [-0.4, -0.2) is 36.9 Å². The summed E-state index contributed by atoms with van der Waals surface area (Å²) in [6.45, 7) is 3.40. The highest BCUT2D eigenvalue weighted by molar-refractivity contribution is 5.86. The Hall–Kier alpha value is -4.03. The molecule has 0 radical (unpaired) electrons. The van der Waals surface area contributed by atoms with E-state index in [0.29, 0.717) is 5.75 Å². The molecule has 0 bridgehead atoms. The molecular formula is C30H30N2O4. The van der Waals surface area contributed by atoms with Gasteiger partial charge in [-0.15, -0.1) is 0 Å². The Kier molecular flexibility index (Phi) is 7.05. The highest BCUT2D eigenvalue weighted by Crippen LogP contribution is 2.39. The van der Waals surface area contributed by atoms with E-state index in [1.807, 2.05) is 30.3 Å². The van der Waals surface area contributed by atoms with E-state index in [1.165, 1.54) is 16.3 Å². The molecule has 4 aromatic rings. The summed E-state index contributed by atoms with van der Waals surface area (Å²) < 4.78 is 11.6. The fourth-order valence-electron chi connectivity index (χ4n) is 4.76. The number of hydrogen-bond acceptors (Lipinski definition) is 5.